The van der Waals surface area contributed by atoms with Crippen LogP contribution in [0.4, 0.5) is 11.8 Å². The van der Waals surface area contributed by atoms with Crippen molar-refractivity contribution in [3.63, 3.8) is 0 Å². The van der Waals surface area contributed by atoms with E-state index in [9.17, 15) is 0 Å². The Balaban J connectivity index is 2.19. The van der Waals surface area contributed by atoms with Crippen LogP contribution >= 0.6 is 0 Å². The Labute approximate surface area is 113 Å². The van der Waals surface area contributed by atoms with E-state index in [4.69, 9.17) is 11.3 Å². The van der Waals surface area contributed by atoms with Crippen LogP contribution in [0.5, 0.6) is 0 Å². The summed E-state index contributed by atoms with van der Waals surface area (Å²) in [6.07, 6.45) is 1.36. The molecule has 0 fully saturated rings. The molecule has 0 aliphatic heterocycles. The summed E-state index contributed by atoms with van der Waals surface area (Å²) in [4.78, 5) is 15.0. The molecule has 20 heavy (non-hydrogen) atoms. The van der Waals surface area contributed by atoms with E-state index in [1.807, 2.05) is 30.3 Å². The lowest BCUT2D eigenvalue weighted by molar-refractivity contribution is 0.813. The third kappa shape index (κ3) is 2.00. The van der Waals surface area contributed by atoms with Crippen LogP contribution in [-0.4, -0.2) is 19.5 Å². The first kappa shape index (κ1) is 11.9. The zero-order valence-corrected chi connectivity index (χ0v) is 10.4. The lowest BCUT2D eigenvalue weighted by Gasteiger charge is -2.05. The van der Waals surface area contributed by atoms with Gasteiger partial charge < -0.3 is 10.3 Å². The Hall–Kier alpha value is -3.12. The Kier molecular flexibility index (Phi) is 2.91. The van der Waals surface area contributed by atoms with Crippen molar-refractivity contribution in [1.29, 1.82) is 0 Å². The SMILES string of the molecule is [N-]=[N+]=Nc1nc2c(N)ncnc2n1Cc1ccccc1. The zero-order valence-electron chi connectivity index (χ0n) is 10.4. The van der Waals surface area contributed by atoms with Gasteiger partial charge in [-0.25, -0.2) is 15.0 Å². The molecule has 0 spiro atoms. The van der Waals surface area contributed by atoms with Crippen LogP contribution in [0.1, 0.15) is 5.56 Å². The van der Waals surface area contributed by atoms with Gasteiger partial charge in [-0.05, 0) is 16.2 Å². The van der Waals surface area contributed by atoms with Crippen LogP contribution in [0, 0.1) is 0 Å². The maximum absolute atomic E-state index is 8.64. The van der Waals surface area contributed by atoms with Crippen molar-refractivity contribution >= 4 is 22.9 Å². The van der Waals surface area contributed by atoms with E-state index in [-0.39, 0.29) is 11.8 Å². The van der Waals surface area contributed by atoms with Gasteiger partial charge in [0.05, 0.1) is 6.54 Å². The number of benzene rings is 1. The van der Waals surface area contributed by atoms with E-state index in [2.05, 4.69) is 25.0 Å². The summed E-state index contributed by atoms with van der Waals surface area (Å²) in [5, 5.41) is 3.59. The van der Waals surface area contributed by atoms with Gasteiger partial charge in [-0.3, -0.25) is 0 Å². The minimum atomic E-state index is 0.221. The minimum Gasteiger partial charge on any atom is -0.382 e. The fourth-order valence-electron chi connectivity index (χ4n) is 1.97. The number of hydrogen-bond acceptors (Lipinski definition) is 5. The first-order valence-electron chi connectivity index (χ1n) is 5.85. The molecule has 0 saturated heterocycles. The van der Waals surface area contributed by atoms with E-state index >= 15 is 0 Å². The smallest absolute Gasteiger partial charge is 0.199 e. The van der Waals surface area contributed by atoms with E-state index in [0.717, 1.165) is 5.56 Å². The molecule has 0 atom stereocenters. The highest BCUT2D eigenvalue weighted by molar-refractivity contribution is 5.83. The highest BCUT2D eigenvalue weighted by Crippen LogP contribution is 2.24. The predicted octanol–water partition coefficient (Wildman–Crippen LogP) is 2.40. The number of azide groups is 1. The Morgan fingerprint density at radius 3 is 2.80 bits per heavy atom. The third-order valence-electron chi connectivity index (χ3n) is 2.86. The van der Waals surface area contributed by atoms with Gasteiger partial charge in [-0.2, -0.15) is 0 Å². The number of rotatable bonds is 3. The summed E-state index contributed by atoms with van der Waals surface area (Å²) >= 11 is 0. The predicted molar refractivity (Wildman–Crippen MR) is 74.1 cm³/mol. The lowest BCUT2D eigenvalue weighted by Crippen LogP contribution is -2.01. The fourth-order valence-corrected chi connectivity index (χ4v) is 1.97. The van der Waals surface area contributed by atoms with Crippen LogP contribution in [0.15, 0.2) is 41.8 Å². The first-order chi connectivity index (χ1) is 9.79. The van der Waals surface area contributed by atoms with Crippen molar-refractivity contribution in [2.24, 2.45) is 5.11 Å². The number of nitrogens with zero attached hydrogens (tertiary/aromatic N) is 7. The molecule has 8 heteroatoms. The molecule has 2 heterocycles. The largest absolute Gasteiger partial charge is 0.382 e. The van der Waals surface area contributed by atoms with Crippen molar-refractivity contribution in [2.45, 2.75) is 6.54 Å². The topological polar surface area (TPSA) is 118 Å². The minimum absolute atomic E-state index is 0.221. The molecular formula is C12H10N8. The second-order valence-corrected chi connectivity index (χ2v) is 4.10. The van der Waals surface area contributed by atoms with Gasteiger partial charge in [0.25, 0.3) is 0 Å². The Morgan fingerprint density at radius 2 is 2.05 bits per heavy atom. The van der Waals surface area contributed by atoms with Crippen LogP contribution < -0.4 is 5.73 Å². The molecule has 8 nitrogen and oxygen atoms in total. The zero-order chi connectivity index (χ0) is 13.9. The van der Waals surface area contributed by atoms with Crippen LogP contribution in [0.3, 0.4) is 0 Å². The second-order valence-electron chi connectivity index (χ2n) is 4.10. The van der Waals surface area contributed by atoms with Gasteiger partial charge in [-0.1, -0.05) is 30.3 Å². The molecular weight excluding hydrogens is 256 g/mol. The number of fused-ring (bicyclic) bond motifs is 1. The molecule has 0 aliphatic rings. The lowest BCUT2D eigenvalue weighted by atomic mass is 10.2. The third-order valence-corrected chi connectivity index (χ3v) is 2.86. The standard InChI is InChI=1S/C12H10N8/c13-10-9-11(16-7-15-10)20(12(17-9)18-19-14)6-8-4-2-1-3-5-8/h1-5,7H,6H2,(H2,13,15,16). The van der Waals surface area contributed by atoms with E-state index in [1.54, 1.807) is 4.57 Å². The van der Waals surface area contributed by atoms with Gasteiger partial charge in [0.2, 0.25) is 0 Å². The fraction of sp³-hybridized carbons (Fsp3) is 0.0833. The van der Waals surface area contributed by atoms with E-state index in [0.29, 0.717) is 17.7 Å². The summed E-state index contributed by atoms with van der Waals surface area (Å²) in [7, 11) is 0. The Morgan fingerprint density at radius 1 is 1.25 bits per heavy atom. The highest BCUT2D eigenvalue weighted by Gasteiger charge is 2.13. The average molecular weight is 266 g/mol. The molecule has 0 unspecified atom stereocenters. The van der Waals surface area contributed by atoms with E-state index < -0.39 is 0 Å². The Bertz CT molecular complexity index is 801. The summed E-state index contributed by atoms with van der Waals surface area (Å²) in [6, 6.07) is 9.74. The second kappa shape index (κ2) is 4.87. The van der Waals surface area contributed by atoms with Crippen LogP contribution in [-0.2, 0) is 6.54 Å². The number of anilines is 1. The van der Waals surface area contributed by atoms with Crippen molar-refractivity contribution < 1.29 is 0 Å². The maximum atomic E-state index is 8.64. The van der Waals surface area contributed by atoms with Crippen molar-refractivity contribution in [1.82, 2.24) is 19.5 Å². The summed E-state index contributed by atoms with van der Waals surface area (Å²) in [6.45, 7) is 0.488. The normalized spacial score (nSPS) is 10.4. The molecule has 98 valence electrons. The van der Waals surface area contributed by atoms with Gasteiger partial charge in [0, 0.05) is 4.91 Å². The maximum Gasteiger partial charge on any atom is 0.199 e. The first-order valence-corrected chi connectivity index (χ1v) is 5.85. The molecule has 3 aromatic rings. The van der Waals surface area contributed by atoms with Gasteiger partial charge >= 0.3 is 0 Å². The number of aromatic nitrogens is 4. The monoisotopic (exact) mass is 266 g/mol. The molecule has 0 amide bonds. The van der Waals surface area contributed by atoms with Crippen molar-refractivity contribution in [3.8, 4) is 0 Å². The molecule has 0 bridgehead atoms. The quantitative estimate of drug-likeness (QED) is 0.444. The number of hydrogen-bond donors (Lipinski definition) is 1. The molecule has 3 rings (SSSR count). The van der Waals surface area contributed by atoms with Gasteiger partial charge in [-0.15, -0.1) is 0 Å². The molecule has 2 aromatic heterocycles. The number of nitrogen functional groups attached to an aromatic ring is 1. The molecule has 0 aliphatic carbocycles. The van der Waals surface area contributed by atoms with Crippen LogP contribution in [0.2, 0.25) is 0 Å². The molecule has 2 N–H and O–H groups in total. The highest BCUT2D eigenvalue weighted by atomic mass is 15.3. The number of nitrogens with two attached hydrogens (primary N) is 1. The summed E-state index contributed by atoms with van der Waals surface area (Å²) in [5.41, 5.74) is 16.4. The summed E-state index contributed by atoms with van der Waals surface area (Å²) < 4.78 is 1.71. The van der Waals surface area contributed by atoms with Crippen LogP contribution in [0.25, 0.3) is 21.6 Å². The van der Waals surface area contributed by atoms with Crippen molar-refractivity contribution in [2.75, 3.05) is 5.73 Å². The molecule has 0 saturated carbocycles. The molecule has 0 radical (unpaired) electrons. The molecule has 1 aromatic carbocycles. The van der Waals surface area contributed by atoms with Gasteiger partial charge in [0.15, 0.2) is 22.9 Å². The number of imidazole rings is 1. The van der Waals surface area contributed by atoms with Gasteiger partial charge in [0.1, 0.15) is 6.33 Å². The average Bonchev–Trinajstić information content (AvgIpc) is 2.81. The van der Waals surface area contributed by atoms with E-state index in [1.165, 1.54) is 6.33 Å². The summed E-state index contributed by atoms with van der Waals surface area (Å²) in [5.74, 6) is 0.481. The van der Waals surface area contributed by atoms with Crippen molar-refractivity contribution in [3.05, 3.63) is 52.7 Å².